The van der Waals surface area contributed by atoms with Gasteiger partial charge in [-0.1, -0.05) is 31.5 Å². The average Bonchev–Trinajstić information content (AvgIpc) is 2.62. The first kappa shape index (κ1) is 21.5. The highest BCUT2D eigenvalue weighted by Crippen LogP contribution is 2.26. The third-order valence-corrected chi connectivity index (χ3v) is 5.07. The van der Waals surface area contributed by atoms with Crippen LogP contribution in [0.2, 0.25) is 5.02 Å². The smallest absolute Gasteiger partial charge is 0.137 e. The second-order valence-electron chi connectivity index (χ2n) is 7.45. The first-order valence-corrected chi connectivity index (χ1v) is 9.89. The van der Waals surface area contributed by atoms with Gasteiger partial charge in [0.15, 0.2) is 0 Å². The van der Waals surface area contributed by atoms with E-state index in [1.165, 1.54) is 0 Å². The van der Waals surface area contributed by atoms with E-state index in [9.17, 15) is 5.11 Å². The Balaban J connectivity index is 1.83. The predicted octanol–water partition coefficient (Wildman–Crippen LogP) is 2.89. The van der Waals surface area contributed by atoms with Crippen LogP contribution < -0.4 is 4.74 Å². The molecule has 1 aliphatic heterocycles. The van der Waals surface area contributed by atoms with Crippen molar-refractivity contribution in [2.75, 3.05) is 53.1 Å². The van der Waals surface area contributed by atoms with Crippen molar-refractivity contribution in [1.29, 1.82) is 0 Å². The molecule has 1 atom stereocenters. The van der Waals surface area contributed by atoms with Crippen molar-refractivity contribution >= 4 is 11.6 Å². The summed E-state index contributed by atoms with van der Waals surface area (Å²) in [5.41, 5.74) is 1.13. The van der Waals surface area contributed by atoms with E-state index in [1.807, 2.05) is 19.2 Å². The normalized spacial score (nSPS) is 17.0. The summed E-state index contributed by atoms with van der Waals surface area (Å²) in [6, 6.07) is 6.13. The highest BCUT2D eigenvalue weighted by atomic mass is 35.5. The fraction of sp³-hybridized carbons (Fsp3) is 0.700. The molecule has 0 amide bonds. The molecule has 6 heteroatoms. The molecule has 0 spiro atoms. The van der Waals surface area contributed by atoms with Gasteiger partial charge in [-0.05, 0) is 37.1 Å². The minimum Gasteiger partial charge on any atom is -0.491 e. The van der Waals surface area contributed by atoms with Crippen LogP contribution in [0.15, 0.2) is 18.2 Å². The molecule has 0 bridgehead atoms. The summed E-state index contributed by atoms with van der Waals surface area (Å²) in [7, 11) is 2.05. The fourth-order valence-electron chi connectivity index (χ4n) is 3.22. The summed E-state index contributed by atoms with van der Waals surface area (Å²) in [4.78, 5) is 4.52. The number of aliphatic hydroxyl groups excluding tert-OH is 1. The lowest BCUT2D eigenvalue weighted by atomic mass is 10.0. The van der Waals surface area contributed by atoms with Crippen molar-refractivity contribution in [3.63, 3.8) is 0 Å². The van der Waals surface area contributed by atoms with E-state index in [0.29, 0.717) is 17.5 Å². The summed E-state index contributed by atoms with van der Waals surface area (Å²) in [6.45, 7) is 10.3. The van der Waals surface area contributed by atoms with Gasteiger partial charge in [-0.3, -0.25) is 9.80 Å². The summed E-state index contributed by atoms with van der Waals surface area (Å²) < 4.78 is 11.2. The molecule has 1 fully saturated rings. The van der Waals surface area contributed by atoms with Crippen LogP contribution in [-0.4, -0.2) is 74.1 Å². The molecule has 1 unspecified atom stereocenters. The minimum atomic E-state index is 0.165. The first-order chi connectivity index (χ1) is 12.5. The first-order valence-electron chi connectivity index (χ1n) is 9.52. The second-order valence-corrected chi connectivity index (χ2v) is 7.86. The van der Waals surface area contributed by atoms with Crippen LogP contribution in [-0.2, 0) is 11.3 Å². The molecule has 1 aliphatic rings. The van der Waals surface area contributed by atoms with Crippen LogP contribution in [0.4, 0.5) is 0 Å². The average molecular weight is 385 g/mol. The Labute approximate surface area is 162 Å². The van der Waals surface area contributed by atoms with Crippen molar-refractivity contribution in [2.24, 2.45) is 5.92 Å². The number of likely N-dealkylation sites (N-methyl/N-ethyl adjacent to an activating group) is 1. The maximum Gasteiger partial charge on any atom is 0.137 e. The molecule has 1 heterocycles. The molecule has 1 aromatic rings. The summed E-state index contributed by atoms with van der Waals surface area (Å²) in [5.74, 6) is 1.28. The van der Waals surface area contributed by atoms with Crippen LogP contribution in [0.5, 0.6) is 5.75 Å². The minimum absolute atomic E-state index is 0.165. The van der Waals surface area contributed by atoms with Crippen LogP contribution in [0.1, 0.15) is 25.8 Å². The van der Waals surface area contributed by atoms with Gasteiger partial charge in [-0.25, -0.2) is 0 Å². The van der Waals surface area contributed by atoms with E-state index < -0.39 is 0 Å². The van der Waals surface area contributed by atoms with Crippen LogP contribution in [0.25, 0.3) is 0 Å². The number of aliphatic hydroxyl groups is 1. The predicted molar refractivity (Wildman–Crippen MR) is 106 cm³/mol. The standard InChI is InChI=1S/C20H33ClN2O3/c1-16(2)12-18(15-24)22(3)14-17-4-5-20(19(21)13-17)26-11-8-23-6-9-25-10-7-23/h4-5,13,16,18,24H,6-12,14-15H2,1-3H3. The zero-order chi connectivity index (χ0) is 18.9. The molecule has 2 rings (SSSR count). The van der Waals surface area contributed by atoms with Crippen molar-refractivity contribution in [3.8, 4) is 5.75 Å². The van der Waals surface area contributed by atoms with Crippen molar-refractivity contribution in [3.05, 3.63) is 28.8 Å². The van der Waals surface area contributed by atoms with Gasteiger partial charge in [-0.15, -0.1) is 0 Å². The number of morpholine rings is 1. The largest absolute Gasteiger partial charge is 0.491 e. The van der Waals surface area contributed by atoms with Gasteiger partial charge in [0.25, 0.3) is 0 Å². The van der Waals surface area contributed by atoms with E-state index in [-0.39, 0.29) is 12.6 Å². The van der Waals surface area contributed by atoms with Gasteiger partial charge in [0.05, 0.1) is 24.8 Å². The maximum atomic E-state index is 9.63. The van der Waals surface area contributed by atoms with Crippen molar-refractivity contribution < 1.29 is 14.6 Å². The molecule has 0 saturated carbocycles. The Morgan fingerprint density at radius 3 is 2.65 bits per heavy atom. The Hall–Kier alpha value is -0.850. The van der Waals surface area contributed by atoms with Crippen LogP contribution >= 0.6 is 11.6 Å². The number of nitrogens with zero attached hydrogens (tertiary/aromatic N) is 2. The molecule has 26 heavy (non-hydrogen) atoms. The van der Waals surface area contributed by atoms with Gasteiger partial charge in [0, 0.05) is 32.2 Å². The summed E-state index contributed by atoms with van der Waals surface area (Å²) >= 11 is 6.41. The third-order valence-electron chi connectivity index (χ3n) is 4.77. The number of benzene rings is 1. The fourth-order valence-corrected chi connectivity index (χ4v) is 3.48. The lowest BCUT2D eigenvalue weighted by Crippen LogP contribution is -2.38. The summed E-state index contributed by atoms with van der Waals surface area (Å²) in [6.07, 6.45) is 0.976. The number of halogens is 1. The molecule has 0 radical (unpaired) electrons. The quantitative estimate of drug-likeness (QED) is 0.672. The molecular formula is C20H33ClN2O3. The van der Waals surface area contributed by atoms with Gasteiger partial charge < -0.3 is 14.6 Å². The zero-order valence-electron chi connectivity index (χ0n) is 16.3. The van der Waals surface area contributed by atoms with E-state index in [4.69, 9.17) is 21.1 Å². The monoisotopic (exact) mass is 384 g/mol. The maximum absolute atomic E-state index is 9.63. The molecular weight excluding hydrogens is 352 g/mol. The number of ether oxygens (including phenoxy) is 2. The highest BCUT2D eigenvalue weighted by molar-refractivity contribution is 6.32. The van der Waals surface area contributed by atoms with Gasteiger partial charge in [0.2, 0.25) is 0 Å². The Kier molecular flexibility index (Phi) is 9.16. The van der Waals surface area contributed by atoms with E-state index in [0.717, 1.165) is 57.1 Å². The lowest BCUT2D eigenvalue weighted by Gasteiger charge is -2.28. The molecule has 1 aromatic carbocycles. The highest BCUT2D eigenvalue weighted by Gasteiger charge is 2.16. The van der Waals surface area contributed by atoms with Crippen LogP contribution in [0, 0.1) is 5.92 Å². The topological polar surface area (TPSA) is 45.2 Å². The second kappa shape index (κ2) is 11.1. The van der Waals surface area contributed by atoms with Gasteiger partial charge >= 0.3 is 0 Å². The molecule has 1 saturated heterocycles. The summed E-state index contributed by atoms with van der Waals surface area (Å²) in [5, 5.41) is 10.3. The zero-order valence-corrected chi connectivity index (χ0v) is 17.0. The van der Waals surface area contributed by atoms with E-state index in [2.05, 4.69) is 29.7 Å². The molecule has 0 aliphatic carbocycles. The van der Waals surface area contributed by atoms with E-state index >= 15 is 0 Å². The lowest BCUT2D eigenvalue weighted by molar-refractivity contribution is 0.0322. The van der Waals surface area contributed by atoms with Crippen molar-refractivity contribution in [1.82, 2.24) is 9.80 Å². The number of hydrogen-bond donors (Lipinski definition) is 1. The number of rotatable bonds is 10. The Morgan fingerprint density at radius 2 is 2.04 bits per heavy atom. The van der Waals surface area contributed by atoms with Crippen LogP contribution in [0.3, 0.4) is 0 Å². The molecule has 148 valence electrons. The SMILES string of the molecule is CC(C)CC(CO)N(C)Cc1ccc(OCCN2CCOCC2)c(Cl)c1. The van der Waals surface area contributed by atoms with E-state index in [1.54, 1.807) is 0 Å². The molecule has 0 aromatic heterocycles. The third kappa shape index (κ3) is 7.05. The van der Waals surface area contributed by atoms with Gasteiger partial charge in [0.1, 0.15) is 12.4 Å². The Bertz CT molecular complexity index is 536. The number of hydrogen-bond acceptors (Lipinski definition) is 5. The van der Waals surface area contributed by atoms with Crippen molar-refractivity contribution in [2.45, 2.75) is 32.9 Å². The molecule has 5 nitrogen and oxygen atoms in total. The molecule has 1 N–H and O–H groups in total. The van der Waals surface area contributed by atoms with Gasteiger partial charge in [-0.2, -0.15) is 0 Å². The Morgan fingerprint density at radius 1 is 1.31 bits per heavy atom.